The molecule has 0 fully saturated rings. The third-order valence-corrected chi connectivity index (χ3v) is 3.48. The van der Waals surface area contributed by atoms with Gasteiger partial charge in [-0.05, 0) is 19.4 Å². The van der Waals surface area contributed by atoms with Crippen LogP contribution in [-0.2, 0) is 6.42 Å². The molecule has 18 heavy (non-hydrogen) atoms. The van der Waals surface area contributed by atoms with E-state index in [2.05, 4.69) is 34.3 Å². The van der Waals surface area contributed by atoms with Gasteiger partial charge < -0.3 is 9.84 Å². The van der Waals surface area contributed by atoms with Gasteiger partial charge in [0.1, 0.15) is 0 Å². The van der Waals surface area contributed by atoms with E-state index in [1.165, 1.54) is 11.3 Å². The molecule has 5 nitrogen and oxygen atoms in total. The number of aromatic nitrogens is 3. The topological polar surface area (TPSA) is 63.8 Å². The molecule has 2 aromatic rings. The SMILES string of the molecule is CNC(Cc1nc(-c2cncs2)no1)CC(C)C. The van der Waals surface area contributed by atoms with Crippen LogP contribution in [0.15, 0.2) is 16.2 Å². The Labute approximate surface area is 111 Å². The molecule has 0 radical (unpaired) electrons. The van der Waals surface area contributed by atoms with E-state index in [-0.39, 0.29) is 0 Å². The summed E-state index contributed by atoms with van der Waals surface area (Å²) in [6.45, 7) is 4.42. The molecule has 0 saturated carbocycles. The van der Waals surface area contributed by atoms with Crippen molar-refractivity contribution in [2.45, 2.75) is 32.7 Å². The highest BCUT2D eigenvalue weighted by molar-refractivity contribution is 7.13. The van der Waals surface area contributed by atoms with Gasteiger partial charge in [-0.1, -0.05) is 19.0 Å². The molecule has 0 spiro atoms. The molecule has 0 saturated heterocycles. The highest BCUT2D eigenvalue weighted by atomic mass is 32.1. The van der Waals surface area contributed by atoms with Crippen LogP contribution in [0.2, 0.25) is 0 Å². The second kappa shape index (κ2) is 6.06. The second-order valence-electron chi connectivity index (χ2n) is 4.70. The van der Waals surface area contributed by atoms with Crippen molar-refractivity contribution >= 4 is 11.3 Å². The molecule has 0 aliphatic heterocycles. The first-order valence-corrected chi connectivity index (χ1v) is 6.95. The van der Waals surface area contributed by atoms with Crippen molar-refractivity contribution < 1.29 is 4.52 Å². The molecule has 0 aliphatic rings. The van der Waals surface area contributed by atoms with Crippen LogP contribution in [0.1, 0.15) is 26.2 Å². The molecule has 0 aromatic carbocycles. The highest BCUT2D eigenvalue weighted by Gasteiger charge is 2.15. The fraction of sp³-hybridized carbons (Fsp3) is 0.583. The summed E-state index contributed by atoms with van der Waals surface area (Å²) in [7, 11) is 1.97. The molecule has 0 amide bonds. The average molecular weight is 266 g/mol. The Morgan fingerprint density at radius 1 is 1.44 bits per heavy atom. The van der Waals surface area contributed by atoms with Gasteiger partial charge in [0, 0.05) is 18.7 Å². The zero-order valence-corrected chi connectivity index (χ0v) is 11.7. The van der Waals surface area contributed by atoms with Crippen molar-refractivity contribution in [2.24, 2.45) is 5.92 Å². The van der Waals surface area contributed by atoms with Gasteiger partial charge in [0.15, 0.2) is 0 Å². The Morgan fingerprint density at radius 2 is 2.28 bits per heavy atom. The fourth-order valence-corrected chi connectivity index (χ4v) is 2.39. The Balaban J connectivity index is 2.01. The van der Waals surface area contributed by atoms with Crippen LogP contribution >= 0.6 is 11.3 Å². The van der Waals surface area contributed by atoms with Crippen LogP contribution in [0.3, 0.4) is 0 Å². The van der Waals surface area contributed by atoms with Gasteiger partial charge in [-0.3, -0.25) is 4.98 Å². The van der Waals surface area contributed by atoms with E-state index in [9.17, 15) is 0 Å². The van der Waals surface area contributed by atoms with Crippen LogP contribution in [0.4, 0.5) is 0 Å². The maximum absolute atomic E-state index is 5.28. The smallest absolute Gasteiger partial charge is 0.228 e. The monoisotopic (exact) mass is 266 g/mol. The molecule has 2 rings (SSSR count). The Kier molecular flexibility index (Phi) is 4.43. The molecule has 2 aromatic heterocycles. The van der Waals surface area contributed by atoms with Gasteiger partial charge >= 0.3 is 0 Å². The summed E-state index contributed by atoms with van der Waals surface area (Å²) >= 11 is 1.51. The molecule has 1 atom stereocenters. The van der Waals surface area contributed by atoms with E-state index in [0.29, 0.717) is 23.7 Å². The van der Waals surface area contributed by atoms with E-state index in [1.54, 1.807) is 11.7 Å². The van der Waals surface area contributed by atoms with E-state index in [4.69, 9.17) is 4.52 Å². The molecule has 1 unspecified atom stereocenters. The summed E-state index contributed by atoms with van der Waals surface area (Å²) in [6, 6.07) is 0.375. The highest BCUT2D eigenvalue weighted by Crippen LogP contribution is 2.20. The first-order chi connectivity index (χ1) is 8.69. The van der Waals surface area contributed by atoms with Crippen molar-refractivity contribution in [3.05, 3.63) is 17.6 Å². The van der Waals surface area contributed by atoms with E-state index in [0.717, 1.165) is 17.7 Å². The molecule has 6 heteroatoms. The normalized spacial score (nSPS) is 13.1. The lowest BCUT2D eigenvalue weighted by atomic mass is 10.0. The first kappa shape index (κ1) is 13.2. The molecular formula is C12H18N4OS. The third-order valence-electron chi connectivity index (χ3n) is 2.71. The lowest BCUT2D eigenvalue weighted by Gasteiger charge is -2.15. The van der Waals surface area contributed by atoms with Gasteiger partial charge in [0.2, 0.25) is 11.7 Å². The van der Waals surface area contributed by atoms with Gasteiger partial charge in [0.25, 0.3) is 0 Å². The van der Waals surface area contributed by atoms with Crippen LogP contribution in [0.5, 0.6) is 0 Å². The summed E-state index contributed by atoms with van der Waals surface area (Å²) < 4.78 is 5.28. The van der Waals surface area contributed by atoms with Crippen LogP contribution in [0.25, 0.3) is 10.7 Å². The number of thiazole rings is 1. The van der Waals surface area contributed by atoms with E-state index in [1.807, 2.05) is 7.05 Å². The van der Waals surface area contributed by atoms with Crippen molar-refractivity contribution in [1.29, 1.82) is 0 Å². The summed E-state index contributed by atoms with van der Waals surface area (Å²) in [5, 5.41) is 7.27. The van der Waals surface area contributed by atoms with Crippen molar-refractivity contribution in [2.75, 3.05) is 7.05 Å². The van der Waals surface area contributed by atoms with Gasteiger partial charge in [-0.25, -0.2) is 0 Å². The minimum absolute atomic E-state index is 0.375. The van der Waals surface area contributed by atoms with Crippen molar-refractivity contribution in [3.8, 4) is 10.7 Å². The molecule has 0 bridgehead atoms. The average Bonchev–Trinajstić information content (AvgIpc) is 2.97. The molecule has 2 heterocycles. The van der Waals surface area contributed by atoms with Gasteiger partial charge in [-0.15, -0.1) is 11.3 Å². The summed E-state index contributed by atoms with van der Waals surface area (Å²) in [4.78, 5) is 9.35. The molecular weight excluding hydrogens is 248 g/mol. The number of nitrogens with one attached hydrogen (secondary N) is 1. The van der Waals surface area contributed by atoms with Crippen LogP contribution in [0, 0.1) is 5.92 Å². The Hall–Kier alpha value is -1.27. The molecule has 0 aliphatic carbocycles. The van der Waals surface area contributed by atoms with Crippen molar-refractivity contribution in [1.82, 2.24) is 20.4 Å². The number of likely N-dealkylation sites (N-methyl/N-ethyl adjacent to an activating group) is 1. The minimum atomic E-state index is 0.375. The fourth-order valence-electron chi connectivity index (χ4n) is 1.85. The standard InChI is InChI=1S/C12H18N4OS/c1-8(2)4-9(13-3)5-11-15-12(16-17-11)10-6-14-7-18-10/h6-9,13H,4-5H2,1-3H3. The molecule has 1 N–H and O–H groups in total. The first-order valence-electron chi connectivity index (χ1n) is 6.07. The largest absolute Gasteiger partial charge is 0.339 e. The summed E-state index contributed by atoms with van der Waals surface area (Å²) in [5.74, 6) is 1.96. The third kappa shape index (κ3) is 3.36. The van der Waals surface area contributed by atoms with E-state index >= 15 is 0 Å². The second-order valence-corrected chi connectivity index (χ2v) is 5.58. The number of hydrogen-bond donors (Lipinski definition) is 1. The van der Waals surface area contributed by atoms with Gasteiger partial charge in [0.05, 0.1) is 10.4 Å². The summed E-state index contributed by atoms with van der Waals surface area (Å²) in [6.07, 6.45) is 3.61. The zero-order valence-electron chi connectivity index (χ0n) is 10.9. The Morgan fingerprint density at radius 3 is 2.89 bits per heavy atom. The number of hydrogen-bond acceptors (Lipinski definition) is 6. The number of nitrogens with zero attached hydrogens (tertiary/aromatic N) is 3. The lowest BCUT2D eigenvalue weighted by Crippen LogP contribution is -2.29. The maximum atomic E-state index is 5.28. The minimum Gasteiger partial charge on any atom is -0.339 e. The molecule has 98 valence electrons. The van der Waals surface area contributed by atoms with Gasteiger partial charge in [-0.2, -0.15) is 4.98 Å². The predicted octanol–water partition coefficient (Wildman–Crippen LogP) is 2.37. The quantitative estimate of drug-likeness (QED) is 0.869. The summed E-state index contributed by atoms with van der Waals surface area (Å²) in [5.41, 5.74) is 1.76. The zero-order chi connectivity index (χ0) is 13.0. The van der Waals surface area contributed by atoms with Crippen LogP contribution in [-0.4, -0.2) is 28.2 Å². The van der Waals surface area contributed by atoms with Crippen molar-refractivity contribution in [3.63, 3.8) is 0 Å². The van der Waals surface area contributed by atoms with E-state index < -0.39 is 0 Å². The predicted molar refractivity (Wildman–Crippen MR) is 71.4 cm³/mol. The number of rotatable bonds is 6. The Bertz CT molecular complexity index is 466. The lowest BCUT2D eigenvalue weighted by molar-refractivity contribution is 0.345. The van der Waals surface area contributed by atoms with Crippen LogP contribution < -0.4 is 5.32 Å². The maximum Gasteiger partial charge on any atom is 0.228 e.